The van der Waals surface area contributed by atoms with Crippen LogP contribution in [0.2, 0.25) is 10.0 Å². The van der Waals surface area contributed by atoms with Crippen molar-refractivity contribution in [2.45, 2.75) is 38.6 Å². The molecular weight excluding hydrogens is 351 g/mol. The smallest absolute Gasteiger partial charge is 0.262 e. The quantitative estimate of drug-likeness (QED) is 0.832. The molecule has 5 nitrogen and oxygen atoms in total. The fourth-order valence-electron chi connectivity index (χ4n) is 3.35. The molecule has 0 saturated heterocycles. The van der Waals surface area contributed by atoms with Crippen LogP contribution in [0.1, 0.15) is 53.3 Å². The second kappa shape index (κ2) is 6.73. The zero-order valence-electron chi connectivity index (χ0n) is 13.3. The molecule has 0 radical (unpaired) electrons. The van der Waals surface area contributed by atoms with E-state index in [-0.39, 0.29) is 39.7 Å². The van der Waals surface area contributed by atoms with Crippen LogP contribution in [-0.2, 0) is 4.79 Å². The van der Waals surface area contributed by atoms with Crippen LogP contribution in [0.3, 0.4) is 0 Å². The number of halogens is 2. The number of benzene rings is 1. The zero-order valence-corrected chi connectivity index (χ0v) is 14.8. The lowest BCUT2D eigenvalue weighted by atomic mass is 9.86. The van der Waals surface area contributed by atoms with Gasteiger partial charge in [0.25, 0.3) is 11.8 Å². The minimum Gasteiger partial charge on any atom is -0.352 e. The van der Waals surface area contributed by atoms with Crippen molar-refractivity contribution in [2.24, 2.45) is 5.92 Å². The zero-order chi connectivity index (χ0) is 17.4. The molecule has 3 amide bonds. The van der Waals surface area contributed by atoms with Crippen LogP contribution in [0.15, 0.2) is 12.1 Å². The molecule has 0 aromatic heterocycles. The second-order valence-electron chi connectivity index (χ2n) is 6.44. The van der Waals surface area contributed by atoms with Crippen molar-refractivity contribution in [1.29, 1.82) is 0 Å². The number of fused-ring (bicyclic) bond motifs is 1. The molecule has 1 aliphatic heterocycles. The van der Waals surface area contributed by atoms with Crippen LogP contribution < -0.4 is 5.32 Å². The van der Waals surface area contributed by atoms with Gasteiger partial charge >= 0.3 is 0 Å². The van der Waals surface area contributed by atoms with Gasteiger partial charge in [-0.05, 0) is 30.9 Å². The minimum absolute atomic E-state index is 0.102. The molecule has 1 saturated carbocycles. The van der Waals surface area contributed by atoms with Crippen molar-refractivity contribution in [3.05, 3.63) is 33.3 Å². The number of imide groups is 1. The third-order valence-corrected chi connectivity index (χ3v) is 5.49. The van der Waals surface area contributed by atoms with Crippen molar-refractivity contribution in [3.63, 3.8) is 0 Å². The molecular formula is C17H18Cl2N2O3. The van der Waals surface area contributed by atoms with Gasteiger partial charge in [0, 0.05) is 6.04 Å². The van der Waals surface area contributed by atoms with E-state index in [0.29, 0.717) is 5.92 Å². The summed E-state index contributed by atoms with van der Waals surface area (Å²) in [5.74, 6) is -0.941. The predicted octanol–water partition coefficient (Wildman–Crippen LogP) is 3.28. The highest BCUT2D eigenvalue weighted by Gasteiger charge is 2.37. The minimum atomic E-state index is -0.514. The summed E-state index contributed by atoms with van der Waals surface area (Å²) >= 11 is 11.8. The molecule has 1 N–H and O–H groups in total. The maximum absolute atomic E-state index is 12.4. The molecule has 0 bridgehead atoms. The fourth-order valence-corrected chi connectivity index (χ4v) is 3.68. The molecule has 128 valence electrons. The Morgan fingerprint density at radius 3 is 2.21 bits per heavy atom. The standard InChI is InChI=1S/C17H18Cl2N2O3/c1-9-4-2-3-5-14(9)20-15(22)8-21-16(23)10-6-12(18)13(19)7-11(10)17(21)24/h6-7,9,14H,2-5,8H2,1H3,(H,20,22). The highest BCUT2D eigenvalue weighted by molar-refractivity contribution is 6.43. The van der Waals surface area contributed by atoms with Gasteiger partial charge in [-0.1, -0.05) is 43.0 Å². The Morgan fingerprint density at radius 1 is 1.12 bits per heavy atom. The van der Waals surface area contributed by atoms with Gasteiger partial charge in [-0.3, -0.25) is 19.3 Å². The number of hydrogen-bond acceptors (Lipinski definition) is 3. The summed E-state index contributed by atoms with van der Waals surface area (Å²) in [5.41, 5.74) is 0.376. The first-order chi connectivity index (χ1) is 11.4. The largest absolute Gasteiger partial charge is 0.352 e. The van der Waals surface area contributed by atoms with Crippen LogP contribution in [0.4, 0.5) is 0 Å². The number of nitrogens with zero attached hydrogens (tertiary/aromatic N) is 1. The fraction of sp³-hybridized carbons (Fsp3) is 0.471. The molecule has 24 heavy (non-hydrogen) atoms. The van der Waals surface area contributed by atoms with Crippen molar-refractivity contribution < 1.29 is 14.4 Å². The molecule has 1 heterocycles. The predicted molar refractivity (Wildman–Crippen MR) is 91.4 cm³/mol. The average Bonchev–Trinajstić information content (AvgIpc) is 2.75. The topological polar surface area (TPSA) is 66.5 Å². The Labute approximate surface area is 150 Å². The molecule has 7 heteroatoms. The number of nitrogens with one attached hydrogen (secondary N) is 1. The van der Waals surface area contributed by atoms with E-state index in [1.165, 1.54) is 18.6 Å². The van der Waals surface area contributed by atoms with E-state index in [9.17, 15) is 14.4 Å². The van der Waals surface area contributed by atoms with Crippen molar-refractivity contribution >= 4 is 40.9 Å². The summed E-state index contributed by atoms with van der Waals surface area (Å²) in [5, 5.41) is 3.36. The molecule has 1 aromatic rings. The van der Waals surface area contributed by atoms with Crippen LogP contribution in [0, 0.1) is 5.92 Å². The first kappa shape index (κ1) is 17.2. The maximum atomic E-state index is 12.4. The molecule has 3 rings (SSSR count). The molecule has 0 spiro atoms. The summed E-state index contributed by atoms with van der Waals surface area (Å²) in [7, 11) is 0. The number of rotatable bonds is 3. The van der Waals surface area contributed by atoms with Crippen LogP contribution in [-0.4, -0.2) is 35.2 Å². The molecule has 1 aliphatic carbocycles. The van der Waals surface area contributed by atoms with Gasteiger partial charge in [0.2, 0.25) is 5.91 Å². The maximum Gasteiger partial charge on any atom is 0.262 e. The number of carbonyl (C=O) groups excluding carboxylic acids is 3. The third kappa shape index (κ3) is 3.15. The van der Waals surface area contributed by atoms with Crippen LogP contribution >= 0.6 is 23.2 Å². The molecule has 1 fully saturated rings. The summed E-state index contributed by atoms with van der Waals surface area (Å²) in [6.07, 6.45) is 4.27. The molecule has 1 aromatic carbocycles. The van der Waals surface area contributed by atoms with E-state index in [4.69, 9.17) is 23.2 Å². The lowest BCUT2D eigenvalue weighted by Crippen LogP contribution is -2.46. The van der Waals surface area contributed by atoms with E-state index in [0.717, 1.165) is 24.2 Å². The van der Waals surface area contributed by atoms with Gasteiger partial charge in [0.1, 0.15) is 6.54 Å². The Kier molecular flexibility index (Phi) is 4.83. The van der Waals surface area contributed by atoms with E-state index < -0.39 is 11.8 Å². The average molecular weight is 369 g/mol. The first-order valence-corrected chi connectivity index (χ1v) is 8.78. The van der Waals surface area contributed by atoms with E-state index >= 15 is 0 Å². The summed E-state index contributed by atoms with van der Waals surface area (Å²) in [6, 6.07) is 2.85. The summed E-state index contributed by atoms with van der Waals surface area (Å²) in [4.78, 5) is 38.0. The SMILES string of the molecule is CC1CCCCC1NC(=O)CN1C(=O)c2cc(Cl)c(Cl)cc2C1=O. The number of amides is 3. The Morgan fingerprint density at radius 2 is 1.67 bits per heavy atom. The van der Waals surface area contributed by atoms with Crippen molar-refractivity contribution in [1.82, 2.24) is 10.2 Å². The molecule has 2 unspecified atom stereocenters. The van der Waals surface area contributed by atoms with Gasteiger partial charge in [-0.2, -0.15) is 0 Å². The lowest BCUT2D eigenvalue weighted by molar-refractivity contribution is -0.122. The van der Waals surface area contributed by atoms with Crippen molar-refractivity contribution in [2.75, 3.05) is 6.54 Å². The second-order valence-corrected chi connectivity index (χ2v) is 7.26. The van der Waals surface area contributed by atoms with E-state index in [1.54, 1.807) is 0 Å². The normalized spacial score (nSPS) is 23.4. The Hall–Kier alpha value is -1.59. The monoisotopic (exact) mass is 368 g/mol. The van der Waals surface area contributed by atoms with Gasteiger partial charge < -0.3 is 5.32 Å². The molecule has 2 atom stereocenters. The highest BCUT2D eigenvalue weighted by atomic mass is 35.5. The lowest BCUT2D eigenvalue weighted by Gasteiger charge is -2.30. The molecule has 2 aliphatic rings. The van der Waals surface area contributed by atoms with Crippen LogP contribution in [0.25, 0.3) is 0 Å². The highest BCUT2D eigenvalue weighted by Crippen LogP contribution is 2.31. The first-order valence-electron chi connectivity index (χ1n) is 8.03. The van der Waals surface area contributed by atoms with Crippen molar-refractivity contribution in [3.8, 4) is 0 Å². The van der Waals surface area contributed by atoms with E-state index in [2.05, 4.69) is 12.2 Å². The summed E-state index contributed by atoms with van der Waals surface area (Å²) < 4.78 is 0. The number of carbonyl (C=O) groups is 3. The Balaban J connectivity index is 1.71. The third-order valence-electron chi connectivity index (χ3n) is 4.77. The van der Waals surface area contributed by atoms with E-state index in [1.807, 2.05) is 0 Å². The van der Waals surface area contributed by atoms with Gasteiger partial charge in [-0.25, -0.2) is 0 Å². The van der Waals surface area contributed by atoms with Gasteiger partial charge in [-0.15, -0.1) is 0 Å². The summed E-state index contributed by atoms with van der Waals surface area (Å²) in [6.45, 7) is 1.82. The Bertz CT molecular complexity index is 679. The van der Waals surface area contributed by atoms with Gasteiger partial charge in [0.15, 0.2) is 0 Å². The number of hydrogen-bond donors (Lipinski definition) is 1. The van der Waals surface area contributed by atoms with Crippen LogP contribution in [0.5, 0.6) is 0 Å². The van der Waals surface area contributed by atoms with Gasteiger partial charge in [0.05, 0.1) is 21.2 Å².